The fourth-order valence-corrected chi connectivity index (χ4v) is 11.2. The van der Waals surface area contributed by atoms with E-state index in [1.54, 1.807) is 24.3 Å². The fourth-order valence-electron chi connectivity index (χ4n) is 11.2. The molecule has 0 radical (unpaired) electrons. The second-order valence-electron chi connectivity index (χ2n) is 18.9. The predicted octanol–water partition coefficient (Wildman–Crippen LogP) is -2.37. The molecule has 8 N–H and O–H groups in total. The first kappa shape index (κ1) is 51.5. The normalized spacial score (nSPS) is 42.5. The largest absolute Gasteiger partial charge is 0.493 e. The molecule has 8 aliphatic rings. The molecule has 400 valence electrons. The number of methoxy groups -OCH3 is 4. The number of aliphatic hydroxyl groups excluding tert-OH is 8. The molecule has 6 aliphatic heterocycles. The summed E-state index contributed by atoms with van der Waals surface area (Å²) in [6.45, 7) is -1.96. The third-order valence-corrected chi connectivity index (χ3v) is 15.1. The molecule has 73 heavy (non-hydrogen) atoms. The number of hydrogen-bond donors (Lipinski definition) is 8. The van der Waals surface area contributed by atoms with Crippen LogP contribution < -0.4 is 18.9 Å². The SMILES string of the molecule is COc1ccc(C(=O)OC2C3C=COC(OC4OC(CO)C(O)C(O)C4O)C3C3(COCC45OC4C(OC(=O)c4ccc(OC)c(OC)c4)C4C=COC(OC6OC(CO)C(O)C(O)C6O)C45)OC23)cc1OC. The maximum atomic E-state index is 13.9. The molecule has 0 bridgehead atoms. The maximum Gasteiger partial charge on any atom is 0.338 e. The minimum absolute atomic E-state index is 0.131. The van der Waals surface area contributed by atoms with Gasteiger partial charge in [0.05, 0.1) is 90.4 Å². The number of esters is 2. The second kappa shape index (κ2) is 20.3. The lowest BCUT2D eigenvalue weighted by Gasteiger charge is -2.43. The van der Waals surface area contributed by atoms with Crippen molar-refractivity contribution in [3.63, 3.8) is 0 Å². The molecule has 4 saturated heterocycles. The lowest BCUT2D eigenvalue weighted by Crippen LogP contribution is -2.60. The Labute approximate surface area is 416 Å². The van der Waals surface area contributed by atoms with Gasteiger partial charge < -0.3 is 112 Å². The molecule has 2 aromatic carbocycles. The van der Waals surface area contributed by atoms with Crippen LogP contribution in [0.5, 0.6) is 23.0 Å². The number of carbonyl (C=O) groups is 2. The van der Waals surface area contributed by atoms with Gasteiger partial charge in [-0.05, 0) is 48.6 Å². The summed E-state index contributed by atoms with van der Waals surface area (Å²) in [6, 6.07) is 9.02. The summed E-state index contributed by atoms with van der Waals surface area (Å²) >= 11 is 0. The summed E-state index contributed by atoms with van der Waals surface area (Å²) in [7, 11) is 5.74. The van der Waals surface area contributed by atoms with Crippen molar-refractivity contribution in [1.82, 2.24) is 0 Å². The van der Waals surface area contributed by atoms with Crippen molar-refractivity contribution < 1.29 is 121 Å². The first-order valence-electron chi connectivity index (χ1n) is 23.5. The standard InChI is InChI=1S/C48H58O25/c1-59-23-7-5-19(13-25(23)61-3)41(57)68-37-21-9-11-64-43(70-45-35(55)33(53)31(51)27(15-49)66-45)29(21)47(39(37)72-47)17-63-18-48-30-22(10-12-65-44(30)71-46-36(56)34(54)32(52)28(16-50)67-46)38(40(48)73-48)69-42(58)20-6-8-24(60-2)26(14-20)62-4/h5-14,21-22,27-40,43-46,49-56H,15-18H2,1-4H3. The Morgan fingerprint density at radius 3 is 1.30 bits per heavy atom. The Balaban J connectivity index is 0.932. The quantitative estimate of drug-likeness (QED) is 0.0571. The first-order chi connectivity index (χ1) is 35.2. The van der Waals surface area contributed by atoms with Crippen molar-refractivity contribution in [2.45, 2.75) is 110 Å². The zero-order chi connectivity index (χ0) is 51.7. The van der Waals surface area contributed by atoms with E-state index in [4.69, 9.17) is 71.1 Å². The molecule has 2 aliphatic carbocycles. The number of fused-ring (bicyclic) bond motifs is 6. The Morgan fingerprint density at radius 1 is 0.534 bits per heavy atom. The minimum Gasteiger partial charge on any atom is -0.493 e. The van der Waals surface area contributed by atoms with Gasteiger partial charge in [0.1, 0.15) is 84.4 Å². The van der Waals surface area contributed by atoms with Gasteiger partial charge in [-0.25, -0.2) is 9.59 Å². The molecule has 0 amide bonds. The van der Waals surface area contributed by atoms with Crippen LogP contribution in [0.15, 0.2) is 61.1 Å². The Morgan fingerprint density at radius 2 is 0.932 bits per heavy atom. The van der Waals surface area contributed by atoms with Crippen LogP contribution in [0.1, 0.15) is 20.7 Å². The van der Waals surface area contributed by atoms with Gasteiger partial charge in [0.15, 0.2) is 35.6 Å². The van der Waals surface area contributed by atoms with Gasteiger partial charge in [-0.15, -0.1) is 0 Å². The molecular weight excluding hydrogens is 977 g/mol. The lowest BCUT2D eigenvalue weighted by atomic mass is 9.85. The molecule has 2 saturated carbocycles. The number of aliphatic hydroxyl groups is 8. The summed E-state index contributed by atoms with van der Waals surface area (Å²) in [4.78, 5) is 27.8. The van der Waals surface area contributed by atoms with Gasteiger partial charge >= 0.3 is 11.9 Å². The van der Waals surface area contributed by atoms with E-state index in [1.165, 1.54) is 65.2 Å². The number of rotatable bonds is 18. The van der Waals surface area contributed by atoms with Crippen LogP contribution >= 0.6 is 0 Å². The van der Waals surface area contributed by atoms with Gasteiger partial charge in [-0.1, -0.05) is 0 Å². The van der Waals surface area contributed by atoms with Crippen LogP contribution in [0.25, 0.3) is 0 Å². The highest BCUT2D eigenvalue weighted by atomic mass is 16.8. The van der Waals surface area contributed by atoms with Crippen molar-refractivity contribution in [2.75, 3.05) is 54.9 Å². The molecule has 10 rings (SSSR count). The maximum absolute atomic E-state index is 13.9. The molecular formula is C48H58O25. The molecule has 2 aromatic rings. The predicted molar refractivity (Wildman–Crippen MR) is 235 cm³/mol. The number of carbonyl (C=O) groups excluding carboxylic acids is 2. The molecule has 22 atom stereocenters. The third kappa shape index (κ3) is 8.85. The van der Waals surface area contributed by atoms with Gasteiger partial charge in [-0.2, -0.15) is 0 Å². The van der Waals surface area contributed by atoms with Crippen LogP contribution in [0.2, 0.25) is 0 Å². The third-order valence-electron chi connectivity index (χ3n) is 15.1. The van der Waals surface area contributed by atoms with Gasteiger partial charge in [0.2, 0.25) is 12.6 Å². The lowest BCUT2D eigenvalue weighted by molar-refractivity contribution is -0.345. The van der Waals surface area contributed by atoms with E-state index in [0.717, 1.165) is 0 Å². The van der Waals surface area contributed by atoms with Crippen LogP contribution in [-0.4, -0.2) is 217 Å². The highest BCUT2D eigenvalue weighted by Crippen LogP contribution is 2.64. The van der Waals surface area contributed by atoms with Crippen molar-refractivity contribution in [3.05, 3.63) is 72.2 Å². The van der Waals surface area contributed by atoms with Crippen molar-refractivity contribution in [2.24, 2.45) is 23.7 Å². The highest BCUT2D eigenvalue weighted by Gasteiger charge is 2.80. The molecule has 25 nitrogen and oxygen atoms in total. The highest BCUT2D eigenvalue weighted by molar-refractivity contribution is 5.91. The van der Waals surface area contributed by atoms with Crippen LogP contribution in [-0.2, 0) is 52.1 Å². The molecule has 0 aromatic heterocycles. The van der Waals surface area contributed by atoms with E-state index in [1.807, 2.05) is 0 Å². The summed E-state index contributed by atoms with van der Waals surface area (Å²) in [5.74, 6) is -3.33. The van der Waals surface area contributed by atoms with Crippen LogP contribution in [0.3, 0.4) is 0 Å². The topological polar surface area (TPSA) is 341 Å². The average Bonchev–Trinajstić information content (AvgIpc) is 4.29. The summed E-state index contributed by atoms with van der Waals surface area (Å²) < 4.78 is 89.1. The Hall–Kier alpha value is -4.94. The molecule has 6 heterocycles. The van der Waals surface area contributed by atoms with Gasteiger partial charge in [0.25, 0.3) is 0 Å². The fraction of sp³-hybridized carbons (Fsp3) is 0.625. The smallest absolute Gasteiger partial charge is 0.338 e. The summed E-state index contributed by atoms with van der Waals surface area (Å²) in [6.07, 6.45) is -16.8. The number of hydrogen-bond acceptors (Lipinski definition) is 25. The average molecular weight is 1030 g/mol. The zero-order valence-corrected chi connectivity index (χ0v) is 39.7. The van der Waals surface area contributed by atoms with Gasteiger partial charge in [0, 0.05) is 11.8 Å². The minimum atomic E-state index is -1.80. The Kier molecular flexibility index (Phi) is 14.3. The van der Waals surface area contributed by atoms with E-state index in [-0.39, 0.29) is 35.8 Å². The second-order valence-corrected chi connectivity index (χ2v) is 18.9. The number of benzene rings is 2. The summed E-state index contributed by atoms with van der Waals surface area (Å²) in [5.41, 5.74) is -2.45. The molecule has 6 fully saturated rings. The van der Waals surface area contributed by atoms with E-state index >= 15 is 0 Å². The van der Waals surface area contributed by atoms with Gasteiger partial charge in [-0.3, -0.25) is 0 Å². The van der Waals surface area contributed by atoms with Crippen molar-refractivity contribution in [1.29, 1.82) is 0 Å². The summed E-state index contributed by atoms with van der Waals surface area (Å²) in [5, 5.41) is 83.9. The Bertz CT molecular complexity index is 2240. The van der Waals surface area contributed by atoms with E-state index in [9.17, 15) is 50.4 Å². The number of epoxide rings is 2. The van der Waals surface area contributed by atoms with E-state index < -0.39 is 158 Å². The molecule has 0 spiro atoms. The monoisotopic (exact) mass is 1030 g/mol. The zero-order valence-electron chi connectivity index (χ0n) is 39.7. The van der Waals surface area contributed by atoms with Crippen LogP contribution in [0.4, 0.5) is 0 Å². The molecule has 25 heteroatoms. The van der Waals surface area contributed by atoms with Crippen molar-refractivity contribution >= 4 is 11.9 Å². The first-order valence-corrected chi connectivity index (χ1v) is 23.5. The van der Waals surface area contributed by atoms with Crippen molar-refractivity contribution in [3.8, 4) is 23.0 Å². The molecule has 22 unspecified atom stereocenters. The number of ether oxygens (including phenoxy) is 15. The van der Waals surface area contributed by atoms with E-state index in [0.29, 0.717) is 11.5 Å². The van der Waals surface area contributed by atoms with Crippen LogP contribution in [0, 0.1) is 23.7 Å². The van der Waals surface area contributed by atoms with E-state index in [2.05, 4.69) is 0 Å².